The molecule has 4 nitrogen and oxygen atoms in total. The third kappa shape index (κ3) is 8.79. The quantitative estimate of drug-likeness (QED) is 0.594. The molecule has 0 rings (SSSR count). The van der Waals surface area contributed by atoms with Crippen molar-refractivity contribution in [3.63, 3.8) is 0 Å². The number of carbonyl (C=O) groups excluding carboxylic acids is 2. The molecule has 0 spiro atoms. The Balaban J connectivity index is 4.42. The van der Waals surface area contributed by atoms with Gasteiger partial charge in [-0.1, -0.05) is 13.8 Å². The van der Waals surface area contributed by atoms with Gasteiger partial charge in [0.05, 0.1) is 5.60 Å². The van der Waals surface area contributed by atoms with E-state index in [4.69, 9.17) is 4.74 Å². The zero-order chi connectivity index (χ0) is 17.2. The van der Waals surface area contributed by atoms with Gasteiger partial charge in [0, 0.05) is 30.7 Å². The highest BCUT2D eigenvalue weighted by molar-refractivity contribution is 7.98. The minimum absolute atomic E-state index is 0.0979. The molecule has 0 aromatic heterocycles. The first kappa shape index (κ1) is 21.4. The topological polar surface area (TPSA) is 55.4 Å². The molecular weight excluding hydrogens is 298 g/mol. The van der Waals surface area contributed by atoms with Crippen molar-refractivity contribution in [3.8, 4) is 0 Å². The van der Waals surface area contributed by atoms with Gasteiger partial charge in [-0.05, 0) is 46.3 Å². The molecule has 130 valence electrons. The number of ketones is 1. The fraction of sp³-hybridized carbons (Fsp3) is 0.882. The lowest BCUT2D eigenvalue weighted by molar-refractivity contribution is -0.125. The van der Waals surface area contributed by atoms with Gasteiger partial charge in [0.1, 0.15) is 5.78 Å². The van der Waals surface area contributed by atoms with E-state index < -0.39 is 5.60 Å². The number of hydrogen-bond donors (Lipinski definition) is 1. The molecule has 0 aliphatic heterocycles. The fourth-order valence-electron chi connectivity index (χ4n) is 2.25. The van der Waals surface area contributed by atoms with Crippen molar-refractivity contribution in [2.45, 2.75) is 77.9 Å². The average molecular weight is 332 g/mol. The molecule has 0 bridgehead atoms. The molecule has 0 radical (unpaired) electrons. The minimum Gasteiger partial charge on any atom is -0.375 e. The maximum Gasteiger partial charge on any atom is 0.221 e. The van der Waals surface area contributed by atoms with Crippen molar-refractivity contribution in [2.24, 2.45) is 0 Å². The number of amides is 1. The first-order valence-electron chi connectivity index (χ1n) is 8.13. The first-order valence-corrected chi connectivity index (χ1v) is 9.53. The van der Waals surface area contributed by atoms with Crippen LogP contribution in [-0.4, -0.2) is 41.4 Å². The zero-order valence-corrected chi connectivity index (χ0v) is 15.9. The molecule has 5 heteroatoms. The molecule has 0 fully saturated rings. The summed E-state index contributed by atoms with van der Waals surface area (Å²) in [6.07, 6.45) is 5.40. The molecule has 22 heavy (non-hydrogen) atoms. The number of hydrogen-bond acceptors (Lipinski definition) is 4. The summed E-state index contributed by atoms with van der Waals surface area (Å²) >= 11 is 1.68. The largest absolute Gasteiger partial charge is 0.375 e. The van der Waals surface area contributed by atoms with E-state index in [9.17, 15) is 9.59 Å². The third-order valence-electron chi connectivity index (χ3n) is 4.23. The van der Waals surface area contributed by atoms with Crippen LogP contribution >= 0.6 is 11.8 Å². The van der Waals surface area contributed by atoms with Gasteiger partial charge in [-0.3, -0.25) is 9.59 Å². The van der Waals surface area contributed by atoms with E-state index in [0.717, 1.165) is 25.0 Å². The Hall–Kier alpha value is -0.550. The van der Waals surface area contributed by atoms with Crippen molar-refractivity contribution in [1.29, 1.82) is 0 Å². The van der Waals surface area contributed by atoms with Gasteiger partial charge >= 0.3 is 0 Å². The van der Waals surface area contributed by atoms with E-state index in [1.165, 1.54) is 0 Å². The van der Waals surface area contributed by atoms with Crippen LogP contribution in [0.2, 0.25) is 0 Å². The van der Waals surface area contributed by atoms with E-state index >= 15 is 0 Å². The van der Waals surface area contributed by atoms with Crippen molar-refractivity contribution in [3.05, 3.63) is 0 Å². The molecule has 0 saturated carbocycles. The van der Waals surface area contributed by atoms with Crippen LogP contribution in [0, 0.1) is 0 Å². The van der Waals surface area contributed by atoms with E-state index in [1.807, 2.05) is 20.1 Å². The molecule has 0 saturated heterocycles. The Morgan fingerprint density at radius 3 is 2.27 bits per heavy atom. The second-order valence-electron chi connectivity index (χ2n) is 6.49. The molecule has 0 aromatic rings. The summed E-state index contributed by atoms with van der Waals surface area (Å²) < 4.78 is 5.97. The average Bonchev–Trinajstić information content (AvgIpc) is 2.44. The number of ether oxygens (including phenoxy) is 1. The van der Waals surface area contributed by atoms with Crippen molar-refractivity contribution in [1.82, 2.24) is 5.32 Å². The number of carbonyl (C=O) groups is 2. The normalized spacial score (nSPS) is 16.6. The number of rotatable bonds is 12. The smallest absolute Gasteiger partial charge is 0.221 e. The van der Waals surface area contributed by atoms with Crippen molar-refractivity contribution < 1.29 is 14.3 Å². The maximum atomic E-state index is 11.9. The summed E-state index contributed by atoms with van der Waals surface area (Å²) in [5.41, 5.74) is -0.649. The van der Waals surface area contributed by atoms with Gasteiger partial charge in [-0.25, -0.2) is 0 Å². The lowest BCUT2D eigenvalue weighted by Gasteiger charge is -2.33. The summed E-state index contributed by atoms with van der Waals surface area (Å²) in [6, 6.07) is 0. The van der Waals surface area contributed by atoms with Crippen LogP contribution in [0.5, 0.6) is 0 Å². The zero-order valence-electron chi connectivity index (χ0n) is 15.1. The predicted octanol–water partition coefficient (Wildman–Crippen LogP) is 3.58. The highest BCUT2D eigenvalue weighted by Gasteiger charge is 2.28. The van der Waals surface area contributed by atoms with Crippen LogP contribution < -0.4 is 5.32 Å². The lowest BCUT2D eigenvalue weighted by atomic mass is 9.93. The summed E-state index contributed by atoms with van der Waals surface area (Å²) in [7, 11) is 0. The Kier molecular flexibility index (Phi) is 10.0. The van der Waals surface area contributed by atoms with E-state index in [0.29, 0.717) is 19.4 Å². The SMILES string of the molecule is CCC(C)(CCOC(C)(CC)CC(C)=O)NC(=O)CCSC. The summed E-state index contributed by atoms with van der Waals surface area (Å²) in [6.45, 7) is 10.3. The lowest BCUT2D eigenvalue weighted by Crippen LogP contribution is -2.47. The minimum atomic E-state index is -0.399. The molecular formula is C17H33NO3S. The molecule has 0 aliphatic carbocycles. The van der Waals surface area contributed by atoms with Gasteiger partial charge in [-0.15, -0.1) is 0 Å². The fourth-order valence-corrected chi connectivity index (χ4v) is 2.64. The van der Waals surface area contributed by atoms with Gasteiger partial charge < -0.3 is 10.1 Å². The van der Waals surface area contributed by atoms with Crippen molar-refractivity contribution >= 4 is 23.5 Å². The van der Waals surface area contributed by atoms with Crippen LogP contribution in [0.3, 0.4) is 0 Å². The van der Waals surface area contributed by atoms with Gasteiger partial charge in [-0.2, -0.15) is 11.8 Å². The molecule has 0 aliphatic rings. The maximum absolute atomic E-state index is 11.9. The van der Waals surface area contributed by atoms with Crippen LogP contribution in [0.15, 0.2) is 0 Å². The molecule has 0 heterocycles. The second-order valence-corrected chi connectivity index (χ2v) is 7.47. The summed E-state index contributed by atoms with van der Waals surface area (Å²) in [4.78, 5) is 23.3. The highest BCUT2D eigenvalue weighted by atomic mass is 32.2. The number of nitrogens with one attached hydrogen (secondary N) is 1. The van der Waals surface area contributed by atoms with Crippen LogP contribution in [0.25, 0.3) is 0 Å². The van der Waals surface area contributed by atoms with Gasteiger partial charge in [0.2, 0.25) is 5.91 Å². The van der Waals surface area contributed by atoms with E-state index in [1.54, 1.807) is 18.7 Å². The van der Waals surface area contributed by atoms with Crippen LogP contribution in [0.4, 0.5) is 0 Å². The Morgan fingerprint density at radius 2 is 1.82 bits per heavy atom. The van der Waals surface area contributed by atoms with Gasteiger partial charge in [0.25, 0.3) is 0 Å². The molecule has 0 aromatic carbocycles. The predicted molar refractivity (Wildman–Crippen MR) is 94.4 cm³/mol. The Labute approximate surface area is 140 Å². The van der Waals surface area contributed by atoms with Gasteiger partial charge in [0.15, 0.2) is 0 Å². The Morgan fingerprint density at radius 1 is 1.18 bits per heavy atom. The monoisotopic (exact) mass is 331 g/mol. The first-order chi connectivity index (χ1) is 10.2. The van der Waals surface area contributed by atoms with Crippen LogP contribution in [0.1, 0.15) is 66.7 Å². The molecule has 2 unspecified atom stereocenters. The number of thioether (sulfide) groups is 1. The summed E-state index contributed by atoms with van der Waals surface area (Å²) in [5.74, 6) is 1.09. The highest BCUT2D eigenvalue weighted by Crippen LogP contribution is 2.23. The molecule has 1 N–H and O–H groups in total. The summed E-state index contributed by atoms with van der Waals surface area (Å²) in [5, 5.41) is 3.12. The third-order valence-corrected chi connectivity index (χ3v) is 4.84. The number of Topliss-reactive ketones (excluding diaryl/α,β-unsaturated/α-hetero) is 1. The Bertz CT molecular complexity index is 362. The standard InChI is InChI=1S/C17H33NO3S/c1-7-16(4,18-15(20)9-12-22-6)10-11-21-17(5,8-2)13-14(3)19/h7-13H2,1-6H3,(H,18,20). The molecule has 2 atom stereocenters. The van der Waals surface area contributed by atoms with E-state index in [2.05, 4.69) is 19.2 Å². The van der Waals surface area contributed by atoms with Crippen LogP contribution in [-0.2, 0) is 14.3 Å². The second kappa shape index (κ2) is 10.3. The van der Waals surface area contributed by atoms with E-state index in [-0.39, 0.29) is 17.2 Å². The van der Waals surface area contributed by atoms with Crippen molar-refractivity contribution in [2.75, 3.05) is 18.6 Å². The molecule has 1 amide bonds.